The molecule has 1 aliphatic heterocycles. The number of anilines is 3. The third kappa shape index (κ3) is 3.90. The van der Waals surface area contributed by atoms with E-state index in [1.807, 2.05) is 6.07 Å². The van der Waals surface area contributed by atoms with Crippen molar-refractivity contribution in [2.24, 2.45) is 0 Å². The lowest BCUT2D eigenvalue weighted by Crippen LogP contribution is -2.47. The molecule has 0 atom stereocenters. The van der Waals surface area contributed by atoms with Crippen LogP contribution in [0.25, 0.3) is 0 Å². The first-order valence-electron chi connectivity index (χ1n) is 8.58. The normalized spacial score (nSPS) is 14.8. The average Bonchev–Trinajstić information content (AvgIpc) is 2.67. The topological polar surface area (TPSA) is 61.3 Å². The Labute approximate surface area is 143 Å². The molecule has 0 spiro atoms. The van der Waals surface area contributed by atoms with Crippen LogP contribution in [0.4, 0.5) is 17.6 Å². The maximum atomic E-state index is 4.46. The van der Waals surface area contributed by atoms with E-state index in [1.165, 1.54) is 12.8 Å². The zero-order valence-corrected chi connectivity index (χ0v) is 14.5. The van der Waals surface area contributed by atoms with Gasteiger partial charge in [-0.25, -0.2) is 19.9 Å². The summed E-state index contributed by atoms with van der Waals surface area (Å²) in [5.41, 5.74) is 0. The Morgan fingerprint density at radius 2 is 1.71 bits per heavy atom. The molecule has 0 bridgehead atoms. The highest BCUT2D eigenvalue weighted by Crippen LogP contribution is 2.19. The molecule has 0 amide bonds. The molecule has 3 rings (SSSR count). The van der Waals surface area contributed by atoms with Gasteiger partial charge in [0.25, 0.3) is 0 Å². The van der Waals surface area contributed by atoms with Crippen molar-refractivity contribution in [3.05, 3.63) is 30.9 Å². The molecule has 7 nitrogen and oxygen atoms in total. The van der Waals surface area contributed by atoms with E-state index in [9.17, 15) is 0 Å². The van der Waals surface area contributed by atoms with Crippen LogP contribution >= 0.6 is 0 Å². The molecule has 24 heavy (non-hydrogen) atoms. The fraction of sp³-hybridized carbons (Fsp3) is 0.529. The van der Waals surface area contributed by atoms with Gasteiger partial charge in [-0.1, -0.05) is 13.3 Å². The number of rotatable bonds is 6. The van der Waals surface area contributed by atoms with Gasteiger partial charge in [-0.15, -0.1) is 0 Å². The first-order valence-corrected chi connectivity index (χ1v) is 8.58. The summed E-state index contributed by atoms with van der Waals surface area (Å²) in [4.78, 5) is 24.2. The molecule has 0 aromatic carbocycles. The number of nitrogens with zero attached hydrogens (tertiary/aromatic N) is 7. The zero-order chi connectivity index (χ0) is 16.8. The van der Waals surface area contributed by atoms with Crippen molar-refractivity contribution in [1.29, 1.82) is 0 Å². The standard InChI is InChI=1S/C17H25N7/c1-3-4-8-22(2)15-13-16(21-14-20-15)23-9-11-24(12-10-23)17-18-6-5-7-19-17/h5-7,13-14H,3-4,8-12H2,1-2H3. The summed E-state index contributed by atoms with van der Waals surface area (Å²) in [5.74, 6) is 2.79. The molecule has 3 heterocycles. The predicted molar refractivity (Wildman–Crippen MR) is 96.7 cm³/mol. The van der Waals surface area contributed by atoms with E-state index in [-0.39, 0.29) is 0 Å². The maximum absolute atomic E-state index is 4.46. The van der Waals surface area contributed by atoms with Crippen molar-refractivity contribution >= 4 is 17.6 Å². The fourth-order valence-corrected chi connectivity index (χ4v) is 2.82. The molecule has 128 valence electrons. The van der Waals surface area contributed by atoms with Gasteiger partial charge in [0.2, 0.25) is 5.95 Å². The summed E-state index contributed by atoms with van der Waals surface area (Å²) in [6, 6.07) is 3.93. The average molecular weight is 327 g/mol. The third-order valence-electron chi connectivity index (χ3n) is 4.32. The molecule has 1 aliphatic rings. The minimum atomic E-state index is 0.805. The summed E-state index contributed by atoms with van der Waals surface area (Å²) >= 11 is 0. The van der Waals surface area contributed by atoms with Gasteiger partial charge in [-0.05, 0) is 12.5 Å². The first-order chi connectivity index (χ1) is 11.8. The van der Waals surface area contributed by atoms with E-state index in [1.54, 1.807) is 18.7 Å². The minimum absolute atomic E-state index is 0.805. The lowest BCUT2D eigenvalue weighted by molar-refractivity contribution is 0.633. The molecule has 2 aromatic heterocycles. The van der Waals surface area contributed by atoms with Crippen molar-refractivity contribution < 1.29 is 0 Å². The van der Waals surface area contributed by atoms with Crippen LogP contribution < -0.4 is 14.7 Å². The van der Waals surface area contributed by atoms with E-state index >= 15 is 0 Å². The molecule has 0 N–H and O–H groups in total. The number of piperazine rings is 1. The van der Waals surface area contributed by atoms with Gasteiger partial charge in [0.1, 0.15) is 18.0 Å². The van der Waals surface area contributed by atoms with Gasteiger partial charge in [-0.3, -0.25) is 0 Å². The quantitative estimate of drug-likeness (QED) is 0.802. The number of hydrogen-bond acceptors (Lipinski definition) is 7. The second-order valence-corrected chi connectivity index (χ2v) is 6.03. The minimum Gasteiger partial charge on any atom is -0.360 e. The largest absolute Gasteiger partial charge is 0.360 e. The Balaban J connectivity index is 1.62. The summed E-state index contributed by atoms with van der Waals surface area (Å²) in [5, 5.41) is 0. The van der Waals surface area contributed by atoms with Crippen molar-refractivity contribution in [2.45, 2.75) is 19.8 Å². The van der Waals surface area contributed by atoms with E-state index in [0.29, 0.717) is 0 Å². The Hall–Kier alpha value is -2.44. The molecule has 2 aromatic rings. The zero-order valence-electron chi connectivity index (χ0n) is 14.5. The predicted octanol–water partition coefficient (Wildman–Crippen LogP) is 1.83. The highest BCUT2D eigenvalue weighted by Gasteiger charge is 2.20. The molecule has 0 saturated carbocycles. The first kappa shape index (κ1) is 16.4. The van der Waals surface area contributed by atoms with Crippen LogP contribution in [0.3, 0.4) is 0 Å². The Morgan fingerprint density at radius 1 is 1.00 bits per heavy atom. The third-order valence-corrected chi connectivity index (χ3v) is 4.32. The SMILES string of the molecule is CCCCN(C)c1cc(N2CCN(c3ncccn3)CC2)ncn1. The van der Waals surface area contributed by atoms with Crippen molar-refractivity contribution in [1.82, 2.24) is 19.9 Å². The number of aromatic nitrogens is 4. The van der Waals surface area contributed by atoms with Gasteiger partial charge >= 0.3 is 0 Å². The maximum Gasteiger partial charge on any atom is 0.225 e. The highest BCUT2D eigenvalue weighted by atomic mass is 15.3. The van der Waals surface area contributed by atoms with Gasteiger partial charge in [0.15, 0.2) is 0 Å². The fourth-order valence-electron chi connectivity index (χ4n) is 2.82. The van der Waals surface area contributed by atoms with Gasteiger partial charge in [0.05, 0.1) is 0 Å². The van der Waals surface area contributed by atoms with Crippen LogP contribution in [0.2, 0.25) is 0 Å². The molecule has 1 fully saturated rings. The van der Waals surface area contributed by atoms with E-state index in [4.69, 9.17) is 0 Å². The summed E-state index contributed by atoms with van der Waals surface area (Å²) in [6.07, 6.45) is 7.60. The van der Waals surface area contributed by atoms with Crippen LogP contribution in [-0.4, -0.2) is 59.7 Å². The molecule has 7 heteroatoms. The van der Waals surface area contributed by atoms with Crippen LogP contribution in [0.5, 0.6) is 0 Å². The van der Waals surface area contributed by atoms with Gasteiger partial charge in [-0.2, -0.15) is 0 Å². The Morgan fingerprint density at radius 3 is 2.42 bits per heavy atom. The second kappa shape index (κ2) is 7.90. The Kier molecular flexibility index (Phi) is 5.40. The van der Waals surface area contributed by atoms with E-state index in [2.05, 4.69) is 54.7 Å². The summed E-state index contributed by atoms with van der Waals surface area (Å²) in [6.45, 7) is 6.84. The van der Waals surface area contributed by atoms with Crippen LogP contribution in [-0.2, 0) is 0 Å². The number of hydrogen-bond donors (Lipinski definition) is 0. The lowest BCUT2D eigenvalue weighted by atomic mass is 10.3. The molecule has 0 radical (unpaired) electrons. The van der Waals surface area contributed by atoms with Crippen LogP contribution in [0.1, 0.15) is 19.8 Å². The molecular weight excluding hydrogens is 302 g/mol. The van der Waals surface area contributed by atoms with Crippen LogP contribution in [0, 0.1) is 0 Å². The summed E-state index contributed by atoms with van der Waals surface area (Å²) < 4.78 is 0. The van der Waals surface area contributed by atoms with Crippen molar-refractivity contribution in [2.75, 3.05) is 54.5 Å². The van der Waals surface area contributed by atoms with E-state index in [0.717, 1.165) is 50.3 Å². The highest BCUT2D eigenvalue weighted by molar-refractivity contribution is 5.50. The smallest absolute Gasteiger partial charge is 0.225 e. The van der Waals surface area contributed by atoms with Gasteiger partial charge < -0.3 is 14.7 Å². The summed E-state index contributed by atoms with van der Waals surface area (Å²) in [7, 11) is 2.09. The monoisotopic (exact) mass is 327 g/mol. The molecule has 1 saturated heterocycles. The lowest BCUT2D eigenvalue weighted by Gasteiger charge is -2.35. The van der Waals surface area contributed by atoms with Gasteiger partial charge in [0, 0.05) is 58.2 Å². The molecule has 0 aliphatic carbocycles. The van der Waals surface area contributed by atoms with E-state index < -0.39 is 0 Å². The van der Waals surface area contributed by atoms with Crippen molar-refractivity contribution in [3.63, 3.8) is 0 Å². The molecule has 0 unspecified atom stereocenters. The Bertz CT molecular complexity index is 626. The molecular formula is C17H25N7. The number of unbranched alkanes of at least 4 members (excludes halogenated alkanes) is 1. The second-order valence-electron chi connectivity index (χ2n) is 6.03. The van der Waals surface area contributed by atoms with Crippen LogP contribution in [0.15, 0.2) is 30.9 Å². The van der Waals surface area contributed by atoms with Crippen molar-refractivity contribution in [3.8, 4) is 0 Å².